The predicted molar refractivity (Wildman–Crippen MR) is 82.8 cm³/mol. The van der Waals surface area contributed by atoms with Gasteiger partial charge in [0, 0.05) is 28.6 Å². The summed E-state index contributed by atoms with van der Waals surface area (Å²) in [5.74, 6) is 0.406. The molecule has 2 heterocycles. The van der Waals surface area contributed by atoms with Gasteiger partial charge in [-0.25, -0.2) is 9.37 Å². The van der Waals surface area contributed by atoms with Crippen molar-refractivity contribution in [3.8, 4) is 11.1 Å². The molecule has 2 N–H and O–H groups in total. The molecule has 1 amide bonds. The first-order chi connectivity index (χ1) is 10.7. The van der Waals surface area contributed by atoms with Gasteiger partial charge in [-0.2, -0.15) is 0 Å². The van der Waals surface area contributed by atoms with Crippen LogP contribution in [0.4, 0.5) is 10.2 Å². The standard InChI is InChI=1S/C17H14FN3O/c18-14-4-2-1-3-11(14)13-9-19-16-12(13)7-8-15(20-16)21-17(22)10-5-6-10/h1-4,7-10H,5-6H2,(H2,19,20,21,22). The van der Waals surface area contributed by atoms with Gasteiger partial charge >= 0.3 is 0 Å². The zero-order valence-corrected chi connectivity index (χ0v) is 11.8. The van der Waals surface area contributed by atoms with Gasteiger partial charge in [-0.1, -0.05) is 18.2 Å². The molecule has 1 fully saturated rings. The number of aromatic nitrogens is 2. The maximum absolute atomic E-state index is 13.9. The fraction of sp³-hybridized carbons (Fsp3) is 0.176. The Morgan fingerprint density at radius 2 is 2.00 bits per heavy atom. The molecule has 1 aromatic carbocycles. The Kier molecular flexibility index (Phi) is 2.92. The molecule has 2 aromatic heterocycles. The van der Waals surface area contributed by atoms with Gasteiger partial charge in [0.05, 0.1) is 0 Å². The zero-order valence-electron chi connectivity index (χ0n) is 11.8. The lowest BCUT2D eigenvalue weighted by atomic mass is 10.1. The van der Waals surface area contributed by atoms with Crippen molar-refractivity contribution in [2.75, 3.05) is 5.32 Å². The highest BCUT2D eigenvalue weighted by atomic mass is 19.1. The zero-order chi connectivity index (χ0) is 15.1. The van der Waals surface area contributed by atoms with E-state index in [-0.39, 0.29) is 17.6 Å². The Bertz CT molecular complexity index is 867. The summed E-state index contributed by atoms with van der Waals surface area (Å²) in [7, 11) is 0. The lowest BCUT2D eigenvalue weighted by Gasteiger charge is -2.04. The smallest absolute Gasteiger partial charge is 0.228 e. The third kappa shape index (κ3) is 2.24. The summed E-state index contributed by atoms with van der Waals surface area (Å²) < 4.78 is 13.9. The number of nitrogens with one attached hydrogen (secondary N) is 2. The topological polar surface area (TPSA) is 57.8 Å². The molecule has 0 bridgehead atoms. The number of H-pyrrole nitrogens is 1. The summed E-state index contributed by atoms with van der Waals surface area (Å²) in [6, 6.07) is 10.2. The minimum atomic E-state index is -0.269. The van der Waals surface area contributed by atoms with E-state index in [0.717, 1.165) is 23.8 Å². The minimum Gasteiger partial charge on any atom is -0.345 e. The number of carbonyl (C=O) groups is 1. The first-order valence-electron chi connectivity index (χ1n) is 7.26. The molecule has 22 heavy (non-hydrogen) atoms. The van der Waals surface area contributed by atoms with Gasteiger partial charge in [0.15, 0.2) is 0 Å². The van der Waals surface area contributed by atoms with Gasteiger partial charge in [-0.05, 0) is 31.0 Å². The Labute approximate surface area is 126 Å². The van der Waals surface area contributed by atoms with E-state index in [1.165, 1.54) is 6.07 Å². The summed E-state index contributed by atoms with van der Waals surface area (Å²) >= 11 is 0. The van der Waals surface area contributed by atoms with E-state index in [1.807, 2.05) is 6.07 Å². The number of nitrogens with zero attached hydrogens (tertiary/aromatic N) is 1. The minimum absolute atomic E-state index is 0.0210. The van der Waals surface area contributed by atoms with Crippen molar-refractivity contribution in [1.29, 1.82) is 0 Å². The van der Waals surface area contributed by atoms with Crippen LogP contribution in [0.5, 0.6) is 0 Å². The summed E-state index contributed by atoms with van der Waals surface area (Å²) in [6.45, 7) is 0. The van der Waals surface area contributed by atoms with Crippen LogP contribution in [-0.4, -0.2) is 15.9 Å². The van der Waals surface area contributed by atoms with Crippen molar-refractivity contribution in [2.24, 2.45) is 5.92 Å². The Morgan fingerprint density at radius 1 is 1.18 bits per heavy atom. The first kappa shape index (κ1) is 13.0. The van der Waals surface area contributed by atoms with Crippen molar-refractivity contribution in [3.05, 3.63) is 48.4 Å². The maximum atomic E-state index is 13.9. The summed E-state index contributed by atoms with van der Waals surface area (Å²) in [6.07, 6.45) is 3.64. The lowest BCUT2D eigenvalue weighted by molar-refractivity contribution is -0.117. The quantitative estimate of drug-likeness (QED) is 0.773. The largest absolute Gasteiger partial charge is 0.345 e. The van der Waals surface area contributed by atoms with E-state index < -0.39 is 0 Å². The molecule has 0 atom stereocenters. The highest BCUT2D eigenvalue weighted by Gasteiger charge is 2.29. The van der Waals surface area contributed by atoms with E-state index in [4.69, 9.17) is 0 Å². The van der Waals surface area contributed by atoms with Crippen molar-refractivity contribution in [3.63, 3.8) is 0 Å². The second kappa shape index (κ2) is 4.94. The second-order valence-electron chi connectivity index (χ2n) is 5.54. The van der Waals surface area contributed by atoms with Crippen molar-refractivity contribution in [2.45, 2.75) is 12.8 Å². The molecule has 0 unspecified atom stereocenters. The SMILES string of the molecule is O=C(Nc1ccc2c(-c3ccccc3F)c[nH]c2n1)C1CC1. The molecule has 0 saturated heterocycles. The van der Waals surface area contributed by atoms with Crippen LogP contribution >= 0.6 is 0 Å². The summed E-state index contributed by atoms with van der Waals surface area (Å²) in [4.78, 5) is 19.2. The highest BCUT2D eigenvalue weighted by Crippen LogP contribution is 2.32. The van der Waals surface area contributed by atoms with E-state index >= 15 is 0 Å². The van der Waals surface area contributed by atoms with Gasteiger partial charge in [0.1, 0.15) is 17.3 Å². The molecule has 4 nitrogen and oxygen atoms in total. The number of halogens is 1. The fourth-order valence-electron chi connectivity index (χ4n) is 2.55. The molecule has 0 aliphatic heterocycles. The number of hydrogen-bond donors (Lipinski definition) is 2. The molecule has 0 spiro atoms. The van der Waals surface area contributed by atoms with Crippen LogP contribution in [0.3, 0.4) is 0 Å². The van der Waals surface area contributed by atoms with Crippen molar-refractivity contribution >= 4 is 22.8 Å². The van der Waals surface area contributed by atoms with E-state index in [2.05, 4.69) is 15.3 Å². The number of hydrogen-bond acceptors (Lipinski definition) is 2. The number of amides is 1. The third-order valence-electron chi connectivity index (χ3n) is 3.90. The number of benzene rings is 1. The predicted octanol–water partition coefficient (Wildman–Crippen LogP) is 3.72. The van der Waals surface area contributed by atoms with E-state index in [0.29, 0.717) is 17.0 Å². The molecule has 5 heteroatoms. The number of aromatic amines is 1. The molecule has 3 aromatic rings. The van der Waals surface area contributed by atoms with Gasteiger partial charge < -0.3 is 10.3 Å². The molecule has 0 radical (unpaired) electrons. The molecule has 110 valence electrons. The fourth-order valence-corrected chi connectivity index (χ4v) is 2.55. The monoisotopic (exact) mass is 295 g/mol. The average molecular weight is 295 g/mol. The van der Waals surface area contributed by atoms with Crippen molar-refractivity contribution < 1.29 is 9.18 Å². The normalized spacial score (nSPS) is 14.2. The molecule has 1 aliphatic rings. The first-order valence-corrected chi connectivity index (χ1v) is 7.26. The van der Waals surface area contributed by atoms with Crippen LogP contribution in [-0.2, 0) is 4.79 Å². The van der Waals surface area contributed by atoms with Crippen LogP contribution in [0, 0.1) is 11.7 Å². The van der Waals surface area contributed by atoms with Gasteiger partial charge in [0.25, 0.3) is 0 Å². The van der Waals surface area contributed by atoms with Crippen LogP contribution in [0.15, 0.2) is 42.6 Å². The number of rotatable bonds is 3. The average Bonchev–Trinajstić information content (AvgIpc) is 3.29. The number of fused-ring (bicyclic) bond motifs is 1. The molecule has 1 saturated carbocycles. The van der Waals surface area contributed by atoms with E-state index in [1.54, 1.807) is 30.5 Å². The summed E-state index contributed by atoms with van der Waals surface area (Å²) in [5, 5.41) is 3.64. The van der Waals surface area contributed by atoms with Crippen LogP contribution in [0.2, 0.25) is 0 Å². The number of carbonyl (C=O) groups excluding carboxylic acids is 1. The summed E-state index contributed by atoms with van der Waals surface area (Å²) in [5.41, 5.74) is 1.93. The van der Waals surface area contributed by atoms with Crippen LogP contribution in [0.1, 0.15) is 12.8 Å². The highest BCUT2D eigenvalue weighted by molar-refractivity contribution is 5.97. The number of anilines is 1. The van der Waals surface area contributed by atoms with E-state index in [9.17, 15) is 9.18 Å². The van der Waals surface area contributed by atoms with Crippen LogP contribution < -0.4 is 5.32 Å². The Morgan fingerprint density at radius 3 is 2.77 bits per heavy atom. The van der Waals surface area contributed by atoms with Gasteiger partial charge in [-0.3, -0.25) is 4.79 Å². The third-order valence-corrected chi connectivity index (χ3v) is 3.90. The Balaban J connectivity index is 1.71. The second-order valence-corrected chi connectivity index (χ2v) is 5.54. The molecular formula is C17H14FN3O. The van der Waals surface area contributed by atoms with Crippen LogP contribution in [0.25, 0.3) is 22.2 Å². The maximum Gasteiger partial charge on any atom is 0.228 e. The van der Waals surface area contributed by atoms with Gasteiger partial charge in [-0.15, -0.1) is 0 Å². The Hall–Kier alpha value is -2.69. The number of pyridine rings is 1. The van der Waals surface area contributed by atoms with Gasteiger partial charge in [0.2, 0.25) is 5.91 Å². The lowest BCUT2D eigenvalue weighted by Crippen LogP contribution is -2.14. The van der Waals surface area contributed by atoms with Crippen molar-refractivity contribution in [1.82, 2.24) is 9.97 Å². The molecule has 1 aliphatic carbocycles. The molecular weight excluding hydrogens is 281 g/mol. The molecule has 4 rings (SSSR count).